The number of thioether (sulfide) groups is 1. The number of carbonyl (C=O) groups is 3. The monoisotopic (exact) mass is 576 g/mol. The number of halogens is 3. The molecule has 4 rings (SSSR count). The van der Waals surface area contributed by atoms with E-state index in [1.807, 2.05) is 12.1 Å². The molecular formula is C26H19Cl3N2O5S. The summed E-state index contributed by atoms with van der Waals surface area (Å²) in [5, 5.41) is 3.19. The number of nitrogens with zero attached hydrogens (tertiary/aromatic N) is 1. The molecule has 0 radical (unpaired) electrons. The third kappa shape index (κ3) is 6.78. The molecule has 190 valence electrons. The van der Waals surface area contributed by atoms with Gasteiger partial charge in [-0.1, -0.05) is 46.9 Å². The Balaban J connectivity index is 1.41. The van der Waals surface area contributed by atoms with Gasteiger partial charge < -0.3 is 14.8 Å². The van der Waals surface area contributed by atoms with Gasteiger partial charge in [0.1, 0.15) is 18.9 Å². The molecule has 0 atom stereocenters. The van der Waals surface area contributed by atoms with Gasteiger partial charge >= 0.3 is 0 Å². The van der Waals surface area contributed by atoms with E-state index in [1.54, 1.807) is 48.5 Å². The Kier molecular flexibility index (Phi) is 8.66. The second-order valence-electron chi connectivity index (χ2n) is 7.77. The fourth-order valence-corrected chi connectivity index (χ4v) is 4.92. The average molecular weight is 578 g/mol. The number of imide groups is 1. The minimum atomic E-state index is -0.588. The summed E-state index contributed by atoms with van der Waals surface area (Å²) < 4.78 is 10.8. The van der Waals surface area contributed by atoms with E-state index in [0.29, 0.717) is 27.8 Å². The summed E-state index contributed by atoms with van der Waals surface area (Å²) in [5.74, 6) is -0.175. The first-order valence-electron chi connectivity index (χ1n) is 10.8. The second-order valence-corrected chi connectivity index (χ2v) is 10.0. The number of benzene rings is 3. The smallest absolute Gasteiger partial charge is 0.294 e. The van der Waals surface area contributed by atoms with Gasteiger partial charge in [-0.05, 0) is 77.5 Å². The van der Waals surface area contributed by atoms with Crippen LogP contribution in [0.3, 0.4) is 0 Å². The summed E-state index contributed by atoms with van der Waals surface area (Å²) in [7, 11) is 1.54. The molecule has 37 heavy (non-hydrogen) atoms. The van der Waals surface area contributed by atoms with Gasteiger partial charge in [0.15, 0.2) is 5.75 Å². The number of rotatable bonds is 8. The zero-order chi connectivity index (χ0) is 26.5. The van der Waals surface area contributed by atoms with E-state index in [-0.39, 0.29) is 21.6 Å². The van der Waals surface area contributed by atoms with Crippen LogP contribution in [0.15, 0.2) is 65.6 Å². The van der Waals surface area contributed by atoms with Crippen molar-refractivity contribution in [2.24, 2.45) is 0 Å². The lowest BCUT2D eigenvalue weighted by Crippen LogP contribution is -2.36. The maximum Gasteiger partial charge on any atom is 0.294 e. The zero-order valence-corrected chi connectivity index (χ0v) is 22.4. The third-order valence-corrected chi connectivity index (χ3v) is 6.88. The van der Waals surface area contributed by atoms with Crippen molar-refractivity contribution >= 4 is 75.4 Å². The van der Waals surface area contributed by atoms with Gasteiger partial charge in [-0.3, -0.25) is 19.3 Å². The van der Waals surface area contributed by atoms with E-state index in [1.165, 1.54) is 13.2 Å². The van der Waals surface area contributed by atoms with Crippen LogP contribution in [0.1, 0.15) is 11.1 Å². The second kappa shape index (κ2) is 11.9. The third-order valence-electron chi connectivity index (χ3n) is 5.16. The molecule has 0 spiro atoms. The Hall–Kier alpha value is -3.17. The van der Waals surface area contributed by atoms with Crippen molar-refractivity contribution < 1.29 is 23.9 Å². The minimum Gasteiger partial charge on any atom is -0.497 e. The van der Waals surface area contributed by atoms with E-state index in [9.17, 15) is 14.4 Å². The van der Waals surface area contributed by atoms with Crippen LogP contribution < -0.4 is 14.8 Å². The predicted molar refractivity (Wildman–Crippen MR) is 147 cm³/mol. The van der Waals surface area contributed by atoms with Crippen molar-refractivity contribution in [2.45, 2.75) is 6.61 Å². The van der Waals surface area contributed by atoms with Crippen LogP contribution in [0, 0.1) is 0 Å². The highest BCUT2D eigenvalue weighted by Gasteiger charge is 2.36. The lowest BCUT2D eigenvalue weighted by Gasteiger charge is -2.13. The fourth-order valence-electron chi connectivity index (χ4n) is 3.34. The van der Waals surface area contributed by atoms with Crippen LogP contribution in [0.2, 0.25) is 15.1 Å². The largest absolute Gasteiger partial charge is 0.497 e. The SMILES string of the molecule is COc1ccc(NC(=O)CN2C(=O)S/C(=C/c3cc(Cl)c(OCc4ccc(Cl)cc4)c(Cl)c3)C2=O)cc1. The Morgan fingerprint density at radius 1 is 1.00 bits per heavy atom. The van der Waals surface area contributed by atoms with Crippen molar-refractivity contribution in [3.05, 3.63) is 91.8 Å². The van der Waals surface area contributed by atoms with Crippen LogP contribution in [0.4, 0.5) is 10.5 Å². The minimum absolute atomic E-state index is 0.143. The summed E-state index contributed by atoms with van der Waals surface area (Å²) in [6.07, 6.45) is 1.49. The molecule has 11 heteroatoms. The maximum atomic E-state index is 12.8. The van der Waals surface area contributed by atoms with Crippen molar-refractivity contribution in [3.63, 3.8) is 0 Å². The Bertz CT molecular complexity index is 1350. The molecule has 0 unspecified atom stereocenters. The lowest BCUT2D eigenvalue weighted by molar-refractivity contribution is -0.127. The number of ether oxygens (including phenoxy) is 2. The molecule has 1 fully saturated rings. The van der Waals surface area contributed by atoms with Gasteiger partial charge in [0.05, 0.1) is 22.1 Å². The Morgan fingerprint density at radius 2 is 1.65 bits per heavy atom. The number of hydrogen-bond donors (Lipinski definition) is 1. The summed E-state index contributed by atoms with van der Waals surface area (Å²) in [6.45, 7) is -0.194. The standard InChI is InChI=1S/C26H19Cl3N2O5S/c1-35-19-8-6-18(7-9-19)30-23(32)13-31-25(33)22(37-26(31)34)12-16-10-20(28)24(21(29)11-16)36-14-15-2-4-17(27)5-3-15/h2-12H,13-14H2,1H3,(H,30,32)/b22-12+. The molecule has 1 saturated heterocycles. The van der Waals surface area contributed by atoms with E-state index in [4.69, 9.17) is 44.3 Å². The van der Waals surface area contributed by atoms with Gasteiger partial charge in [-0.2, -0.15) is 0 Å². The first kappa shape index (κ1) is 26.9. The molecule has 1 aliphatic heterocycles. The number of carbonyl (C=O) groups excluding carboxylic acids is 3. The van der Waals surface area contributed by atoms with Gasteiger partial charge in [0.2, 0.25) is 5.91 Å². The van der Waals surface area contributed by atoms with Crippen molar-refractivity contribution in [3.8, 4) is 11.5 Å². The molecule has 0 bridgehead atoms. The predicted octanol–water partition coefficient (Wildman–Crippen LogP) is 6.91. The molecule has 0 aromatic heterocycles. The number of hydrogen-bond acceptors (Lipinski definition) is 6. The van der Waals surface area contributed by atoms with Crippen molar-refractivity contribution in [1.29, 1.82) is 0 Å². The van der Waals surface area contributed by atoms with Gasteiger partial charge in [-0.15, -0.1) is 0 Å². The van der Waals surface area contributed by atoms with Crippen molar-refractivity contribution in [2.75, 3.05) is 19.0 Å². The molecule has 1 heterocycles. The van der Waals surface area contributed by atoms with Crippen LogP contribution >= 0.6 is 46.6 Å². The summed E-state index contributed by atoms with van der Waals surface area (Å²) in [4.78, 5) is 38.7. The topological polar surface area (TPSA) is 84.9 Å². The quantitative estimate of drug-likeness (QED) is 0.293. The van der Waals surface area contributed by atoms with Gasteiger partial charge in [0.25, 0.3) is 11.1 Å². The van der Waals surface area contributed by atoms with Gasteiger partial charge in [0, 0.05) is 10.7 Å². The summed E-state index contributed by atoms with van der Waals surface area (Å²) in [6, 6.07) is 17.0. The Labute approximate surface area is 232 Å². The van der Waals surface area contributed by atoms with Crippen LogP contribution in [0.5, 0.6) is 11.5 Å². The molecule has 0 saturated carbocycles. The first-order valence-corrected chi connectivity index (χ1v) is 12.7. The zero-order valence-electron chi connectivity index (χ0n) is 19.3. The maximum absolute atomic E-state index is 12.8. The normalized spacial score (nSPS) is 14.3. The highest BCUT2D eigenvalue weighted by atomic mass is 35.5. The lowest BCUT2D eigenvalue weighted by atomic mass is 10.2. The molecule has 1 aliphatic rings. The van der Waals surface area contributed by atoms with Crippen molar-refractivity contribution in [1.82, 2.24) is 4.90 Å². The van der Waals surface area contributed by atoms with E-state index in [2.05, 4.69) is 5.32 Å². The number of amides is 3. The highest BCUT2D eigenvalue weighted by Crippen LogP contribution is 2.38. The number of methoxy groups -OCH3 is 1. The number of anilines is 1. The van der Waals surface area contributed by atoms with Crippen LogP contribution in [-0.2, 0) is 16.2 Å². The molecule has 3 amide bonds. The molecule has 3 aromatic rings. The van der Waals surface area contributed by atoms with E-state index >= 15 is 0 Å². The van der Waals surface area contributed by atoms with Crippen LogP contribution in [0.25, 0.3) is 6.08 Å². The first-order chi connectivity index (χ1) is 17.7. The number of nitrogens with one attached hydrogen (secondary N) is 1. The van der Waals surface area contributed by atoms with Gasteiger partial charge in [-0.25, -0.2) is 0 Å². The average Bonchev–Trinajstić information content (AvgIpc) is 3.12. The molecule has 7 nitrogen and oxygen atoms in total. The summed E-state index contributed by atoms with van der Waals surface area (Å²) in [5.41, 5.74) is 1.89. The molecule has 0 aliphatic carbocycles. The summed E-state index contributed by atoms with van der Waals surface area (Å²) >= 11 is 19.4. The molecule has 1 N–H and O–H groups in total. The Morgan fingerprint density at radius 3 is 2.27 bits per heavy atom. The highest BCUT2D eigenvalue weighted by molar-refractivity contribution is 8.18. The molecule has 3 aromatic carbocycles. The van der Waals surface area contributed by atoms with Crippen LogP contribution in [-0.4, -0.2) is 35.6 Å². The fraction of sp³-hybridized carbons (Fsp3) is 0.115. The van der Waals surface area contributed by atoms with E-state index < -0.39 is 23.6 Å². The molecular weight excluding hydrogens is 559 g/mol. The van der Waals surface area contributed by atoms with E-state index in [0.717, 1.165) is 22.2 Å².